The van der Waals surface area contributed by atoms with E-state index in [-0.39, 0.29) is 38.0 Å². The number of amides is 2. The van der Waals surface area contributed by atoms with E-state index in [0.29, 0.717) is 22.7 Å². The molecule has 3 saturated heterocycles. The fraction of sp³-hybridized carbons (Fsp3) is 0.822. The Morgan fingerprint density at radius 3 is 2.23 bits per heavy atom. The summed E-state index contributed by atoms with van der Waals surface area (Å²) in [6.07, 6.45) is -9.93. The van der Waals surface area contributed by atoms with Gasteiger partial charge in [-0.2, -0.15) is 0 Å². The number of anilines is 1. The van der Waals surface area contributed by atoms with Gasteiger partial charge in [0.25, 0.3) is 0 Å². The first-order valence-corrected chi connectivity index (χ1v) is 22.4. The molecule has 0 unspecified atom stereocenters. The van der Waals surface area contributed by atoms with Crippen molar-refractivity contribution in [2.45, 2.75) is 192 Å². The lowest BCUT2D eigenvalue weighted by atomic mass is 9.77. The van der Waals surface area contributed by atoms with Gasteiger partial charge in [-0.3, -0.25) is 4.79 Å². The normalized spacial score (nSPS) is 43.1. The lowest BCUT2D eigenvalue weighted by molar-refractivity contribution is -0.318. The van der Waals surface area contributed by atoms with Crippen molar-refractivity contribution in [1.82, 2.24) is 9.80 Å². The van der Waals surface area contributed by atoms with E-state index in [1.807, 2.05) is 32.8 Å². The zero-order valence-corrected chi connectivity index (χ0v) is 40.0. The van der Waals surface area contributed by atoms with E-state index in [0.717, 1.165) is 0 Å². The molecule has 1 aromatic rings. The van der Waals surface area contributed by atoms with E-state index in [2.05, 4.69) is 5.32 Å². The molecule has 0 radical (unpaired) electrons. The molecule has 18 atom stereocenters. The number of likely N-dealkylation sites (N-methyl/N-ethyl adjacent to an activating group) is 1. The van der Waals surface area contributed by atoms with Crippen LogP contribution in [0.5, 0.6) is 0 Å². The van der Waals surface area contributed by atoms with Crippen LogP contribution in [0.2, 0.25) is 5.02 Å². The van der Waals surface area contributed by atoms with E-state index in [1.165, 1.54) is 18.9 Å². The van der Waals surface area contributed by atoms with E-state index in [1.54, 1.807) is 73.6 Å². The van der Waals surface area contributed by atoms with E-state index < -0.39 is 108 Å². The molecule has 62 heavy (non-hydrogen) atoms. The number of cyclic esters (lactones) is 1. The number of nitrogens with one attached hydrogen (secondary N) is 1. The number of hydrogen-bond acceptors (Lipinski definition) is 14. The van der Waals surface area contributed by atoms with Gasteiger partial charge >= 0.3 is 12.0 Å². The van der Waals surface area contributed by atoms with Crippen LogP contribution in [0.1, 0.15) is 100 Å². The second-order valence-electron chi connectivity index (χ2n) is 19.2. The van der Waals surface area contributed by atoms with Gasteiger partial charge in [0.05, 0.1) is 58.3 Å². The Labute approximate surface area is 373 Å². The number of esters is 1. The molecule has 0 spiro atoms. The highest BCUT2D eigenvalue weighted by Crippen LogP contribution is 2.40. The maximum Gasteiger partial charge on any atom is 0.322 e. The summed E-state index contributed by atoms with van der Waals surface area (Å²) in [5.41, 5.74) is -3.84. The smallest absolute Gasteiger partial charge is 0.322 e. The first kappa shape index (κ1) is 52.4. The van der Waals surface area contributed by atoms with Gasteiger partial charge in [-0.1, -0.05) is 44.5 Å². The van der Waals surface area contributed by atoms with Crippen LogP contribution < -0.4 is 5.32 Å². The first-order chi connectivity index (χ1) is 28.7. The van der Waals surface area contributed by atoms with Crippen LogP contribution in [0.25, 0.3) is 0 Å². The standard InChI is InChI=1S/C45H76ClN3O13/c1-15-32-45(11,56)37(51)28(7)49(42(54)47-34-24(3)17-16-18-30(34)46)22-23(2)20-43(9,55)39(62-41-35(50)31(48(12)13)19-25(4)58-41)26(5)36(27(6)40(53)60-32)61-33-21-44(10,57-14)38(52)29(8)59-33/h16-18,23,25-29,31-33,35-39,41,50-52,55-56H,15,19-22H2,1-14H3,(H,47,54)/t23-,25-,26+,27-,28-,29+,31-,32-,33+,35-,36+,37-,38+,39-,41+,43-,44-,45-/m1/s1. The van der Waals surface area contributed by atoms with Crippen LogP contribution in [-0.2, 0) is 33.2 Å². The van der Waals surface area contributed by atoms with Crippen molar-refractivity contribution < 1.29 is 63.5 Å². The number of para-hydroxylation sites is 1. The second-order valence-corrected chi connectivity index (χ2v) is 19.6. The van der Waals surface area contributed by atoms with Crippen LogP contribution in [0.3, 0.4) is 0 Å². The zero-order valence-electron chi connectivity index (χ0n) is 39.2. The van der Waals surface area contributed by atoms with Crippen molar-refractivity contribution in [2.75, 3.05) is 33.1 Å². The third-order valence-corrected chi connectivity index (χ3v) is 13.9. The third kappa shape index (κ3) is 11.6. The number of carbonyl (C=O) groups excluding carboxylic acids is 2. The van der Waals surface area contributed by atoms with Crippen molar-refractivity contribution in [3.63, 3.8) is 0 Å². The molecule has 4 rings (SSSR count). The molecule has 3 fully saturated rings. The van der Waals surface area contributed by atoms with Crippen molar-refractivity contribution in [3.05, 3.63) is 28.8 Å². The fourth-order valence-electron chi connectivity index (χ4n) is 9.75. The second kappa shape index (κ2) is 21.0. The third-order valence-electron chi connectivity index (χ3n) is 13.6. The van der Waals surface area contributed by atoms with Gasteiger partial charge in [-0.25, -0.2) is 4.79 Å². The predicted molar refractivity (Wildman–Crippen MR) is 233 cm³/mol. The molecule has 3 heterocycles. The Bertz CT molecular complexity index is 1630. The summed E-state index contributed by atoms with van der Waals surface area (Å²) in [5, 5.41) is 62.9. The molecule has 3 aliphatic rings. The number of rotatable bonds is 8. The molecule has 0 aliphatic carbocycles. The quantitative estimate of drug-likeness (QED) is 0.199. The zero-order chi connectivity index (χ0) is 46.8. The van der Waals surface area contributed by atoms with Crippen LogP contribution in [-0.4, -0.2) is 165 Å². The van der Waals surface area contributed by atoms with E-state index in [9.17, 15) is 35.1 Å². The fourth-order valence-corrected chi connectivity index (χ4v) is 10.0. The van der Waals surface area contributed by atoms with Crippen LogP contribution in [0.4, 0.5) is 10.5 Å². The van der Waals surface area contributed by atoms with E-state index >= 15 is 0 Å². The number of benzene rings is 1. The molecule has 0 bridgehead atoms. The molecule has 3 aliphatic heterocycles. The number of aliphatic hydroxyl groups excluding tert-OH is 3. The van der Waals surface area contributed by atoms with Crippen molar-refractivity contribution in [2.24, 2.45) is 17.8 Å². The van der Waals surface area contributed by atoms with Crippen LogP contribution in [0.15, 0.2) is 18.2 Å². The number of carbonyl (C=O) groups is 2. The molecule has 17 heteroatoms. The summed E-state index contributed by atoms with van der Waals surface area (Å²) >= 11 is 6.53. The largest absolute Gasteiger partial charge is 0.459 e. The number of aryl methyl sites for hydroxylation is 1. The highest BCUT2D eigenvalue weighted by molar-refractivity contribution is 6.33. The molecule has 0 saturated carbocycles. The average Bonchev–Trinajstić information content (AvgIpc) is 3.19. The lowest BCUT2D eigenvalue weighted by Crippen LogP contribution is -2.61. The number of nitrogens with zero attached hydrogens (tertiary/aromatic N) is 2. The summed E-state index contributed by atoms with van der Waals surface area (Å²) in [7, 11) is 5.20. The molecule has 6 N–H and O–H groups in total. The molecule has 16 nitrogen and oxygen atoms in total. The highest BCUT2D eigenvalue weighted by atomic mass is 35.5. The SMILES string of the molecule is CC[C@H]1OC(=O)[C@H](C)[C@@H](O[C@H]2C[C@@](C)(OC)[C@@H](O)[C@H](C)O2)[C@H](C)[C@@H](O[C@@H]2O[C@H](C)C[C@@H](N(C)C)[C@H]2O)[C@](C)(O)C[C@@H](C)CN(C(=O)Nc2c(C)cccc2Cl)[C@H](C)[C@@H](O)[C@]1(C)O. The van der Waals surface area contributed by atoms with Gasteiger partial charge < -0.3 is 69.1 Å². The Kier molecular flexibility index (Phi) is 17.7. The predicted octanol–water partition coefficient (Wildman–Crippen LogP) is 4.46. The van der Waals surface area contributed by atoms with Crippen molar-refractivity contribution in [1.29, 1.82) is 0 Å². The topological polar surface area (TPSA) is 209 Å². The van der Waals surface area contributed by atoms with Gasteiger partial charge in [0, 0.05) is 32.0 Å². The summed E-state index contributed by atoms with van der Waals surface area (Å²) in [6.45, 7) is 18.6. The molecule has 356 valence electrons. The summed E-state index contributed by atoms with van der Waals surface area (Å²) < 4.78 is 37.8. The number of methoxy groups -OCH3 is 1. The number of ether oxygens (including phenoxy) is 6. The van der Waals surface area contributed by atoms with Crippen LogP contribution >= 0.6 is 11.6 Å². The molecule has 2 amide bonds. The Morgan fingerprint density at radius 2 is 1.65 bits per heavy atom. The summed E-state index contributed by atoms with van der Waals surface area (Å²) in [6, 6.07) is 3.17. The van der Waals surface area contributed by atoms with Gasteiger partial charge in [-0.05, 0) is 106 Å². The van der Waals surface area contributed by atoms with Gasteiger partial charge in [-0.15, -0.1) is 0 Å². The first-order valence-electron chi connectivity index (χ1n) is 22.1. The average molecular weight is 903 g/mol. The van der Waals surface area contributed by atoms with E-state index in [4.69, 9.17) is 40.0 Å². The van der Waals surface area contributed by atoms with Gasteiger partial charge in [0.1, 0.15) is 30.0 Å². The summed E-state index contributed by atoms with van der Waals surface area (Å²) in [4.78, 5) is 32.1. The van der Waals surface area contributed by atoms with Gasteiger partial charge in [0.15, 0.2) is 12.6 Å². The van der Waals surface area contributed by atoms with Gasteiger partial charge in [0.2, 0.25) is 0 Å². The molecular weight excluding hydrogens is 826 g/mol. The molecule has 1 aromatic carbocycles. The number of halogens is 1. The maximum atomic E-state index is 14.5. The minimum atomic E-state index is -2.07. The minimum absolute atomic E-state index is 0.000370. The Hall–Kier alpha value is -2.19. The maximum absolute atomic E-state index is 14.5. The monoisotopic (exact) mass is 902 g/mol. The van der Waals surface area contributed by atoms with Crippen molar-refractivity contribution in [3.8, 4) is 0 Å². The molecule has 0 aromatic heterocycles. The number of urea groups is 1. The Morgan fingerprint density at radius 1 is 1.00 bits per heavy atom. The number of aliphatic hydroxyl groups is 5. The summed E-state index contributed by atoms with van der Waals surface area (Å²) in [5.74, 6) is -3.27. The van der Waals surface area contributed by atoms with Crippen LogP contribution in [0, 0.1) is 24.7 Å². The number of hydrogen-bond donors (Lipinski definition) is 6. The lowest BCUT2D eigenvalue weighted by Gasteiger charge is -2.48. The Balaban J connectivity index is 1.87. The highest BCUT2D eigenvalue weighted by Gasteiger charge is 2.53. The van der Waals surface area contributed by atoms with Crippen molar-refractivity contribution >= 4 is 29.3 Å². The minimum Gasteiger partial charge on any atom is -0.459 e. The molecular formula is C45H76ClN3O13.